The van der Waals surface area contributed by atoms with Gasteiger partial charge >= 0.3 is 0 Å². The van der Waals surface area contributed by atoms with Crippen LogP contribution < -0.4 is 5.73 Å². The van der Waals surface area contributed by atoms with E-state index in [9.17, 15) is 0 Å². The van der Waals surface area contributed by atoms with Crippen molar-refractivity contribution in [2.75, 3.05) is 5.73 Å². The summed E-state index contributed by atoms with van der Waals surface area (Å²) in [6, 6.07) is 9.53. The zero-order valence-electron chi connectivity index (χ0n) is 10.7. The Balaban J connectivity index is 2.38. The molecule has 4 nitrogen and oxygen atoms in total. The average molecular weight is 273 g/mol. The fraction of sp³-hybridized carbons (Fsp3) is 0.143. The number of pyridine rings is 1. The fourth-order valence-corrected chi connectivity index (χ4v) is 2.30. The fourth-order valence-electron chi connectivity index (χ4n) is 2.13. The van der Waals surface area contributed by atoms with E-state index in [0.717, 1.165) is 28.1 Å². The second-order valence-electron chi connectivity index (χ2n) is 4.53. The lowest BCUT2D eigenvalue weighted by Gasteiger charge is -2.10. The number of aryl methyl sites for hydroxylation is 2. The number of nitrogen functional groups attached to an aromatic ring is 1. The Bertz CT molecular complexity index is 776. The summed E-state index contributed by atoms with van der Waals surface area (Å²) < 4.78 is 1.84. The summed E-state index contributed by atoms with van der Waals surface area (Å²) >= 11 is 6.07. The Morgan fingerprint density at radius 2 is 1.89 bits per heavy atom. The van der Waals surface area contributed by atoms with E-state index in [1.54, 1.807) is 0 Å². The van der Waals surface area contributed by atoms with E-state index >= 15 is 0 Å². The van der Waals surface area contributed by atoms with E-state index in [2.05, 4.69) is 9.97 Å². The van der Waals surface area contributed by atoms with Crippen molar-refractivity contribution in [3.63, 3.8) is 0 Å². The molecule has 0 unspecified atom stereocenters. The lowest BCUT2D eigenvalue weighted by atomic mass is 10.2. The van der Waals surface area contributed by atoms with E-state index in [4.69, 9.17) is 17.3 Å². The molecule has 3 aromatic rings. The van der Waals surface area contributed by atoms with Gasteiger partial charge in [0.1, 0.15) is 5.52 Å². The van der Waals surface area contributed by atoms with Crippen molar-refractivity contribution in [3.8, 4) is 5.69 Å². The van der Waals surface area contributed by atoms with Crippen LogP contribution in [0.3, 0.4) is 0 Å². The van der Waals surface area contributed by atoms with Crippen LogP contribution >= 0.6 is 11.6 Å². The highest BCUT2D eigenvalue weighted by Crippen LogP contribution is 2.26. The van der Waals surface area contributed by atoms with Gasteiger partial charge in [-0.15, -0.1) is 0 Å². The van der Waals surface area contributed by atoms with Gasteiger partial charge in [0.15, 0.2) is 5.65 Å². The Labute approximate surface area is 115 Å². The monoisotopic (exact) mass is 272 g/mol. The Kier molecular flexibility index (Phi) is 2.68. The number of imidazole rings is 1. The minimum Gasteiger partial charge on any atom is -0.369 e. The van der Waals surface area contributed by atoms with Crippen LogP contribution in [0.5, 0.6) is 0 Å². The molecule has 5 heteroatoms. The highest BCUT2D eigenvalue weighted by atomic mass is 35.5. The van der Waals surface area contributed by atoms with Gasteiger partial charge in [0.05, 0.1) is 5.69 Å². The van der Waals surface area contributed by atoms with Crippen LogP contribution in [0.25, 0.3) is 16.9 Å². The first-order valence-electron chi connectivity index (χ1n) is 5.94. The van der Waals surface area contributed by atoms with Crippen molar-refractivity contribution in [2.24, 2.45) is 0 Å². The summed E-state index contributed by atoms with van der Waals surface area (Å²) in [5.41, 5.74) is 10.5. The van der Waals surface area contributed by atoms with Crippen LogP contribution in [0.4, 0.5) is 5.95 Å². The van der Waals surface area contributed by atoms with Crippen molar-refractivity contribution in [3.05, 3.63) is 46.6 Å². The second-order valence-corrected chi connectivity index (χ2v) is 4.97. The third-order valence-electron chi connectivity index (χ3n) is 3.08. The van der Waals surface area contributed by atoms with Gasteiger partial charge in [-0.05, 0) is 43.7 Å². The zero-order chi connectivity index (χ0) is 13.6. The van der Waals surface area contributed by atoms with Gasteiger partial charge in [0.2, 0.25) is 5.95 Å². The minimum absolute atomic E-state index is 0.415. The molecule has 19 heavy (non-hydrogen) atoms. The third kappa shape index (κ3) is 1.94. The van der Waals surface area contributed by atoms with Crippen molar-refractivity contribution in [2.45, 2.75) is 13.8 Å². The van der Waals surface area contributed by atoms with E-state index in [1.165, 1.54) is 0 Å². The Hall–Kier alpha value is -2.07. The number of hydrogen-bond acceptors (Lipinski definition) is 3. The summed E-state index contributed by atoms with van der Waals surface area (Å²) in [6.07, 6.45) is 0. The predicted octanol–water partition coefficient (Wildman–Crippen LogP) is 3.27. The highest BCUT2D eigenvalue weighted by molar-refractivity contribution is 6.30. The Morgan fingerprint density at radius 3 is 2.68 bits per heavy atom. The molecule has 0 spiro atoms. The molecular weight excluding hydrogens is 260 g/mol. The molecule has 0 aliphatic rings. The van der Waals surface area contributed by atoms with Gasteiger partial charge in [-0.1, -0.05) is 17.7 Å². The lowest BCUT2D eigenvalue weighted by Crippen LogP contribution is -2.03. The van der Waals surface area contributed by atoms with Gasteiger partial charge in [0.25, 0.3) is 0 Å². The number of rotatable bonds is 1. The van der Waals surface area contributed by atoms with Gasteiger partial charge in [-0.2, -0.15) is 0 Å². The topological polar surface area (TPSA) is 56.7 Å². The molecular formula is C14H13ClN4. The first-order valence-corrected chi connectivity index (χ1v) is 6.32. The molecule has 0 amide bonds. The van der Waals surface area contributed by atoms with E-state index < -0.39 is 0 Å². The number of hydrogen-bond donors (Lipinski definition) is 1. The maximum atomic E-state index is 6.07. The van der Waals surface area contributed by atoms with Gasteiger partial charge in [-0.25, -0.2) is 9.97 Å². The van der Waals surface area contributed by atoms with E-state index in [0.29, 0.717) is 11.0 Å². The number of benzene rings is 1. The normalized spacial score (nSPS) is 11.1. The quantitative estimate of drug-likeness (QED) is 0.740. The SMILES string of the molecule is Cc1ccc2nc(N)n(-c3cc(Cl)ccc3C)c2n1. The zero-order valence-corrected chi connectivity index (χ0v) is 11.4. The van der Waals surface area contributed by atoms with Crippen molar-refractivity contribution in [1.82, 2.24) is 14.5 Å². The number of nitrogens with zero attached hydrogens (tertiary/aromatic N) is 3. The molecule has 2 heterocycles. The van der Waals surface area contributed by atoms with Crippen LogP contribution in [0.1, 0.15) is 11.3 Å². The molecule has 0 atom stereocenters. The van der Waals surface area contributed by atoms with Crippen LogP contribution in [0, 0.1) is 13.8 Å². The van der Waals surface area contributed by atoms with Crippen molar-refractivity contribution < 1.29 is 0 Å². The van der Waals surface area contributed by atoms with E-state index in [-0.39, 0.29) is 0 Å². The Morgan fingerprint density at radius 1 is 1.11 bits per heavy atom. The van der Waals surface area contributed by atoms with Gasteiger partial charge in [0, 0.05) is 10.7 Å². The number of fused-ring (bicyclic) bond motifs is 1. The van der Waals surface area contributed by atoms with Gasteiger partial charge in [-0.3, -0.25) is 4.57 Å². The number of halogens is 1. The van der Waals surface area contributed by atoms with Crippen LogP contribution in [0.15, 0.2) is 30.3 Å². The molecule has 3 rings (SSSR count). The number of aromatic nitrogens is 3. The van der Waals surface area contributed by atoms with Crippen molar-refractivity contribution in [1.29, 1.82) is 0 Å². The summed E-state index contributed by atoms with van der Waals surface area (Å²) in [4.78, 5) is 8.86. The minimum atomic E-state index is 0.415. The molecule has 0 radical (unpaired) electrons. The first-order chi connectivity index (χ1) is 9.06. The maximum Gasteiger partial charge on any atom is 0.207 e. The smallest absolute Gasteiger partial charge is 0.207 e. The average Bonchev–Trinajstić information content (AvgIpc) is 2.68. The van der Waals surface area contributed by atoms with E-state index in [1.807, 2.05) is 48.7 Å². The van der Waals surface area contributed by atoms with Crippen LogP contribution in [0.2, 0.25) is 5.02 Å². The highest BCUT2D eigenvalue weighted by Gasteiger charge is 2.13. The number of nitrogens with two attached hydrogens (primary N) is 1. The molecule has 96 valence electrons. The molecule has 0 bridgehead atoms. The molecule has 2 aromatic heterocycles. The summed E-state index contributed by atoms with van der Waals surface area (Å²) in [5.74, 6) is 0.415. The molecule has 0 aliphatic carbocycles. The summed E-state index contributed by atoms with van der Waals surface area (Å²) in [6.45, 7) is 3.95. The number of anilines is 1. The second kappa shape index (κ2) is 4.24. The molecule has 0 saturated heterocycles. The predicted molar refractivity (Wildman–Crippen MR) is 77.8 cm³/mol. The molecule has 0 saturated carbocycles. The third-order valence-corrected chi connectivity index (χ3v) is 3.32. The van der Waals surface area contributed by atoms with Crippen LogP contribution in [-0.4, -0.2) is 14.5 Å². The summed E-state index contributed by atoms with van der Waals surface area (Å²) in [5, 5.41) is 0.662. The molecule has 1 aromatic carbocycles. The summed E-state index contributed by atoms with van der Waals surface area (Å²) in [7, 11) is 0. The van der Waals surface area contributed by atoms with Crippen molar-refractivity contribution >= 4 is 28.7 Å². The standard InChI is InChI=1S/C14H13ClN4/c1-8-3-5-10(15)7-12(8)19-13-11(18-14(19)16)6-4-9(2)17-13/h3-7H,1-2H3,(H2,16,18). The molecule has 2 N–H and O–H groups in total. The first kappa shape index (κ1) is 12.0. The van der Waals surface area contributed by atoms with Crippen LogP contribution in [-0.2, 0) is 0 Å². The molecule has 0 fully saturated rings. The maximum absolute atomic E-state index is 6.07. The largest absolute Gasteiger partial charge is 0.369 e. The molecule has 0 aliphatic heterocycles. The van der Waals surface area contributed by atoms with Gasteiger partial charge < -0.3 is 5.73 Å². The lowest BCUT2D eigenvalue weighted by molar-refractivity contribution is 1.06.